The summed E-state index contributed by atoms with van der Waals surface area (Å²) in [6.07, 6.45) is 1.36. The van der Waals surface area contributed by atoms with Crippen LogP contribution in [0.1, 0.15) is 10.4 Å². The summed E-state index contributed by atoms with van der Waals surface area (Å²) in [6, 6.07) is 14.7. The molecule has 1 aromatic heterocycles. The SMILES string of the molecule is Nc1c(C(=O)O)ccnc1Oc1ccc2ccccc2c1. The summed E-state index contributed by atoms with van der Waals surface area (Å²) in [6.45, 7) is 0. The third kappa shape index (κ3) is 2.49. The highest BCUT2D eigenvalue weighted by Crippen LogP contribution is 2.29. The smallest absolute Gasteiger partial charge is 0.338 e. The molecule has 0 spiro atoms. The summed E-state index contributed by atoms with van der Waals surface area (Å²) >= 11 is 0. The fraction of sp³-hybridized carbons (Fsp3) is 0. The molecule has 1 heterocycles. The van der Waals surface area contributed by atoms with E-state index in [4.69, 9.17) is 15.6 Å². The molecule has 0 bridgehead atoms. The Morgan fingerprint density at radius 3 is 2.62 bits per heavy atom. The van der Waals surface area contributed by atoms with Gasteiger partial charge in [-0.3, -0.25) is 0 Å². The molecule has 0 amide bonds. The van der Waals surface area contributed by atoms with E-state index in [2.05, 4.69) is 4.98 Å². The molecule has 3 rings (SSSR count). The molecule has 0 aliphatic carbocycles. The van der Waals surface area contributed by atoms with Crippen LogP contribution in [0.5, 0.6) is 11.6 Å². The van der Waals surface area contributed by atoms with Gasteiger partial charge in [-0.1, -0.05) is 30.3 Å². The van der Waals surface area contributed by atoms with Crippen molar-refractivity contribution < 1.29 is 14.6 Å². The van der Waals surface area contributed by atoms with E-state index in [9.17, 15) is 4.79 Å². The minimum Gasteiger partial charge on any atom is -0.478 e. The zero-order valence-electron chi connectivity index (χ0n) is 11.0. The molecule has 3 aromatic rings. The average Bonchev–Trinajstić information content (AvgIpc) is 2.49. The number of carboxylic acid groups (broad SMARTS) is 1. The second kappa shape index (κ2) is 5.13. The van der Waals surface area contributed by atoms with E-state index in [1.165, 1.54) is 12.3 Å². The molecule has 21 heavy (non-hydrogen) atoms. The molecule has 104 valence electrons. The number of rotatable bonds is 3. The molecular formula is C16H12N2O3. The van der Waals surface area contributed by atoms with Crippen molar-refractivity contribution >= 4 is 22.4 Å². The molecule has 0 unspecified atom stereocenters. The summed E-state index contributed by atoms with van der Waals surface area (Å²) in [5.41, 5.74) is 5.76. The lowest BCUT2D eigenvalue weighted by molar-refractivity contribution is 0.0697. The van der Waals surface area contributed by atoms with E-state index in [0.29, 0.717) is 5.75 Å². The largest absolute Gasteiger partial charge is 0.478 e. The highest BCUT2D eigenvalue weighted by molar-refractivity contribution is 5.94. The van der Waals surface area contributed by atoms with Gasteiger partial charge in [-0.25, -0.2) is 9.78 Å². The molecule has 0 fully saturated rings. The first-order chi connectivity index (χ1) is 10.1. The quantitative estimate of drug-likeness (QED) is 0.768. The molecule has 5 nitrogen and oxygen atoms in total. The van der Waals surface area contributed by atoms with E-state index < -0.39 is 5.97 Å². The molecule has 2 aromatic carbocycles. The monoisotopic (exact) mass is 280 g/mol. The minimum atomic E-state index is -1.11. The Balaban J connectivity index is 1.98. The maximum Gasteiger partial charge on any atom is 0.338 e. The second-order valence-corrected chi connectivity index (χ2v) is 4.49. The maximum absolute atomic E-state index is 11.0. The zero-order valence-corrected chi connectivity index (χ0v) is 11.0. The molecule has 5 heteroatoms. The van der Waals surface area contributed by atoms with Crippen molar-refractivity contribution in [1.29, 1.82) is 0 Å². The van der Waals surface area contributed by atoms with Gasteiger partial charge in [-0.05, 0) is 29.0 Å². The first-order valence-electron chi connectivity index (χ1n) is 6.29. The van der Waals surface area contributed by atoms with Gasteiger partial charge in [0.2, 0.25) is 5.88 Å². The number of anilines is 1. The topological polar surface area (TPSA) is 85.4 Å². The maximum atomic E-state index is 11.0. The van der Waals surface area contributed by atoms with Crippen LogP contribution in [0.4, 0.5) is 5.69 Å². The number of aromatic carboxylic acids is 1. The van der Waals surface area contributed by atoms with Crippen molar-refractivity contribution in [3.63, 3.8) is 0 Å². The van der Waals surface area contributed by atoms with Crippen LogP contribution in [-0.4, -0.2) is 16.1 Å². The van der Waals surface area contributed by atoms with Crippen LogP contribution in [0.2, 0.25) is 0 Å². The van der Waals surface area contributed by atoms with Crippen molar-refractivity contribution in [2.24, 2.45) is 0 Å². The van der Waals surface area contributed by atoms with Gasteiger partial charge in [0.25, 0.3) is 0 Å². The lowest BCUT2D eigenvalue weighted by Crippen LogP contribution is -2.05. The van der Waals surface area contributed by atoms with E-state index in [0.717, 1.165) is 10.8 Å². The number of hydrogen-bond donors (Lipinski definition) is 2. The fourth-order valence-electron chi connectivity index (χ4n) is 2.06. The number of nitrogens with zero attached hydrogens (tertiary/aromatic N) is 1. The van der Waals surface area contributed by atoms with Gasteiger partial charge in [0.1, 0.15) is 11.4 Å². The van der Waals surface area contributed by atoms with Crippen LogP contribution < -0.4 is 10.5 Å². The second-order valence-electron chi connectivity index (χ2n) is 4.49. The lowest BCUT2D eigenvalue weighted by atomic mass is 10.1. The minimum absolute atomic E-state index is 0.0122. The van der Waals surface area contributed by atoms with Gasteiger partial charge in [0.15, 0.2) is 0 Å². The van der Waals surface area contributed by atoms with Crippen molar-refractivity contribution in [3.8, 4) is 11.6 Å². The predicted octanol–water partition coefficient (Wildman–Crippen LogP) is 3.31. The van der Waals surface area contributed by atoms with Crippen LogP contribution in [0.3, 0.4) is 0 Å². The number of aromatic nitrogens is 1. The number of pyridine rings is 1. The normalized spacial score (nSPS) is 10.5. The fourth-order valence-corrected chi connectivity index (χ4v) is 2.06. The Hall–Kier alpha value is -3.08. The van der Waals surface area contributed by atoms with E-state index >= 15 is 0 Å². The average molecular weight is 280 g/mol. The first-order valence-corrected chi connectivity index (χ1v) is 6.29. The van der Waals surface area contributed by atoms with Gasteiger partial charge >= 0.3 is 5.97 Å². The number of carboxylic acids is 1. The van der Waals surface area contributed by atoms with Gasteiger partial charge in [0.05, 0.1) is 5.56 Å². The molecule has 0 atom stereocenters. The standard InChI is InChI=1S/C16H12N2O3/c17-14-13(16(19)20)7-8-18-15(14)21-12-6-5-10-3-1-2-4-11(10)9-12/h1-9H,17H2,(H,19,20). The highest BCUT2D eigenvalue weighted by atomic mass is 16.5. The Morgan fingerprint density at radius 2 is 1.86 bits per heavy atom. The number of fused-ring (bicyclic) bond motifs is 1. The Labute approximate surface area is 120 Å². The molecule has 3 N–H and O–H groups in total. The van der Waals surface area contributed by atoms with Crippen LogP contribution in [0, 0.1) is 0 Å². The number of carbonyl (C=O) groups is 1. The van der Waals surface area contributed by atoms with Gasteiger partial charge < -0.3 is 15.6 Å². The van der Waals surface area contributed by atoms with Gasteiger partial charge in [0, 0.05) is 6.20 Å². The molecule has 0 aliphatic heterocycles. The number of nitrogen functional groups attached to an aromatic ring is 1. The van der Waals surface area contributed by atoms with E-state index in [1.54, 1.807) is 6.07 Å². The first kappa shape index (κ1) is 12.9. The molecular weight excluding hydrogens is 268 g/mol. The predicted molar refractivity (Wildman–Crippen MR) is 79.6 cm³/mol. The van der Waals surface area contributed by atoms with Crippen molar-refractivity contribution in [2.75, 3.05) is 5.73 Å². The third-order valence-corrected chi connectivity index (χ3v) is 3.12. The Bertz CT molecular complexity index is 831. The van der Waals surface area contributed by atoms with Crippen molar-refractivity contribution in [1.82, 2.24) is 4.98 Å². The Kier molecular flexibility index (Phi) is 3.16. The van der Waals surface area contributed by atoms with Crippen molar-refractivity contribution in [3.05, 3.63) is 60.3 Å². The molecule has 0 saturated heterocycles. The summed E-state index contributed by atoms with van der Waals surface area (Å²) in [7, 11) is 0. The number of benzene rings is 2. The third-order valence-electron chi connectivity index (χ3n) is 3.12. The van der Waals surface area contributed by atoms with Crippen LogP contribution >= 0.6 is 0 Å². The number of ether oxygens (including phenoxy) is 1. The van der Waals surface area contributed by atoms with Gasteiger partial charge in [-0.15, -0.1) is 0 Å². The summed E-state index contributed by atoms with van der Waals surface area (Å²) in [5, 5.41) is 11.1. The van der Waals surface area contributed by atoms with Crippen LogP contribution in [0.15, 0.2) is 54.7 Å². The lowest BCUT2D eigenvalue weighted by Gasteiger charge is -2.09. The summed E-state index contributed by atoms with van der Waals surface area (Å²) in [4.78, 5) is 15.0. The number of nitrogens with two attached hydrogens (primary N) is 1. The molecule has 0 aliphatic rings. The Morgan fingerprint density at radius 1 is 1.10 bits per heavy atom. The molecule has 0 radical (unpaired) electrons. The zero-order chi connectivity index (χ0) is 14.8. The summed E-state index contributed by atoms with van der Waals surface area (Å²) in [5.74, 6) is -0.473. The van der Waals surface area contributed by atoms with Gasteiger partial charge in [-0.2, -0.15) is 0 Å². The highest BCUT2D eigenvalue weighted by Gasteiger charge is 2.14. The molecule has 0 saturated carbocycles. The number of hydrogen-bond acceptors (Lipinski definition) is 4. The summed E-state index contributed by atoms with van der Waals surface area (Å²) < 4.78 is 5.61. The van der Waals surface area contributed by atoms with Crippen molar-refractivity contribution in [2.45, 2.75) is 0 Å². The van der Waals surface area contributed by atoms with E-state index in [1.807, 2.05) is 36.4 Å². The van der Waals surface area contributed by atoms with Crippen LogP contribution in [-0.2, 0) is 0 Å². The van der Waals surface area contributed by atoms with E-state index in [-0.39, 0.29) is 17.1 Å². The van der Waals surface area contributed by atoms with Crippen LogP contribution in [0.25, 0.3) is 10.8 Å².